The van der Waals surface area contributed by atoms with E-state index in [1.54, 1.807) is 17.9 Å². The van der Waals surface area contributed by atoms with Gasteiger partial charge in [0.25, 0.3) is 0 Å². The smallest absolute Gasteiger partial charge is 0.328 e. The molecule has 1 fully saturated rings. The van der Waals surface area contributed by atoms with Gasteiger partial charge in [-0.1, -0.05) is 0 Å². The minimum Gasteiger partial charge on any atom is -0.478 e. The van der Waals surface area contributed by atoms with E-state index < -0.39 is 5.97 Å². The summed E-state index contributed by atoms with van der Waals surface area (Å²) in [4.78, 5) is 12.9. The van der Waals surface area contributed by atoms with E-state index in [0.29, 0.717) is 0 Å². The van der Waals surface area contributed by atoms with E-state index in [2.05, 4.69) is 10.00 Å². The molecule has 6 heteroatoms. The maximum atomic E-state index is 10.7. The van der Waals surface area contributed by atoms with Crippen LogP contribution in [0.15, 0.2) is 6.08 Å². The van der Waals surface area contributed by atoms with Crippen LogP contribution in [-0.4, -0.2) is 47.2 Å². The summed E-state index contributed by atoms with van der Waals surface area (Å²) >= 11 is 0. The molecule has 0 spiro atoms. The van der Waals surface area contributed by atoms with Crippen LogP contribution in [-0.2, 0) is 16.6 Å². The van der Waals surface area contributed by atoms with Crippen LogP contribution < -0.4 is 4.90 Å². The van der Waals surface area contributed by atoms with Crippen LogP contribution in [0.2, 0.25) is 0 Å². The Morgan fingerprint density at radius 3 is 2.89 bits per heavy atom. The number of aryl methyl sites for hydroxylation is 2. The minimum absolute atomic E-state index is 0.228. The molecule has 19 heavy (non-hydrogen) atoms. The molecule has 0 radical (unpaired) electrons. The molecule has 1 aliphatic rings. The molecule has 1 aromatic rings. The van der Waals surface area contributed by atoms with Crippen molar-refractivity contribution < 1.29 is 14.6 Å². The number of hydrogen-bond donors (Lipinski definition) is 1. The molecule has 2 rings (SSSR count). The molecular formula is C13H19N3O3. The molecule has 104 valence electrons. The largest absolute Gasteiger partial charge is 0.478 e. The molecule has 6 nitrogen and oxygen atoms in total. The first-order chi connectivity index (χ1) is 9.02. The van der Waals surface area contributed by atoms with Crippen molar-refractivity contribution in [2.24, 2.45) is 7.05 Å². The number of methoxy groups -OCH3 is 1. The first kappa shape index (κ1) is 13.6. The van der Waals surface area contributed by atoms with E-state index in [4.69, 9.17) is 9.84 Å². The van der Waals surface area contributed by atoms with Crippen LogP contribution in [0, 0.1) is 6.92 Å². The van der Waals surface area contributed by atoms with Crippen LogP contribution in [0.3, 0.4) is 0 Å². The monoisotopic (exact) mass is 265 g/mol. The van der Waals surface area contributed by atoms with Gasteiger partial charge in [0.05, 0.1) is 11.8 Å². The van der Waals surface area contributed by atoms with Gasteiger partial charge >= 0.3 is 5.97 Å². The van der Waals surface area contributed by atoms with Crippen molar-refractivity contribution in [3.05, 3.63) is 17.3 Å². The summed E-state index contributed by atoms with van der Waals surface area (Å²) in [6.07, 6.45) is 3.96. The predicted octanol–water partition coefficient (Wildman–Crippen LogP) is 1.05. The lowest BCUT2D eigenvalue weighted by atomic mass is 10.2. The lowest BCUT2D eigenvalue weighted by molar-refractivity contribution is -0.131. The van der Waals surface area contributed by atoms with Crippen molar-refractivity contribution in [3.63, 3.8) is 0 Å². The number of anilines is 1. The third kappa shape index (κ3) is 2.78. The second-order valence-electron chi connectivity index (χ2n) is 4.71. The van der Waals surface area contributed by atoms with Crippen LogP contribution >= 0.6 is 0 Å². The first-order valence-corrected chi connectivity index (χ1v) is 6.25. The quantitative estimate of drug-likeness (QED) is 0.824. The normalized spacial score (nSPS) is 19.5. The van der Waals surface area contributed by atoms with Crippen molar-refractivity contribution >= 4 is 17.9 Å². The molecule has 2 heterocycles. The highest BCUT2D eigenvalue weighted by Crippen LogP contribution is 2.28. The molecule has 0 amide bonds. The maximum Gasteiger partial charge on any atom is 0.328 e. The average Bonchev–Trinajstić information content (AvgIpc) is 2.91. The number of rotatable bonds is 4. The van der Waals surface area contributed by atoms with Crippen molar-refractivity contribution in [2.45, 2.75) is 19.4 Å². The standard InChI is InChI=1S/C13H19N3O3/c1-9-11(4-5-12(17)18)13(15(2)14-9)16-7-6-10(8-16)19-3/h4-5,10H,6-8H2,1-3H3,(H,17,18)/b5-4+. The van der Waals surface area contributed by atoms with Gasteiger partial charge in [0.15, 0.2) is 0 Å². The van der Waals surface area contributed by atoms with Crippen molar-refractivity contribution in [2.75, 3.05) is 25.1 Å². The van der Waals surface area contributed by atoms with Crippen LogP contribution in [0.4, 0.5) is 5.82 Å². The molecular weight excluding hydrogens is 246 g/mol. The fourth-order valence-electron chi connectivity index (χ4n) is 2.50. The van der Waals surface area contributed by atoms with Crippen LogP contribution in [0.25, 0.3) is 6.08 Å². The maximum absolute atomic E-state index is 10.7. The fourth-order valence-corrected chi connectivity index (χ4v) is 2.50. The summed E-state index contributed by atoms with van der Waals surface area (Å²) in [6.45, 7) is 3.59. The number of carbonyl (C=O) groups is 1. The molecule has 1 N–H and O–H groups in total. The zero-order valence-corrected chi connectivity index (χ0v) is 11.5. The Hall–Kier alpha value is -1.82. The summed E-state index contributed by atoms with van der Waals surface area (Å²) in [6, 6.07) is 0. The highest BCUT2D eigenvalue weighted by Gasteiger charge is 2.26. The van der Waals surface area contributed by atoms with E-state index in [1.165, 1.54) is 0 Å². The lowest BCUT2D eigenvalue weighted by Crippen LogP contribution is -2.25. The Kier molecular flexibility index (Phi) is 3.90. The summed E-state index contributed by atoms with van der Waals surface area (Å²) in [5, 5.41) is 13.1. The SMILES string of the molecule is COC1CCN(c2c(/C=C/C(=O)O)c(C)nn2C)C1. The van der Waals surface area contributed by atoms with Crippen molar-refractivity contribution in [3.8, 4) is 0 Å². The number of aliphatic carboxylic acids is 1. The average molecular weight is 265 g/mol. The Bertz CT molecular complexity index is 507. The first-order valence-electron chi connectivity index (χ1n) is 6.25. The molecule has 1 unspecified atom stereocenters. The molecule has 1 aromatic heterocycles. The highest BCUT2D eigenvalue weighted by molar-refractivity contribution is 5.87. The number of hydrogen-bond acceptors (Lipinski definition) is 4. The second-order valence-corrected chi connectivity index (χ2v) is 4.71. The van der Waals surface area contributed by atoms with Gasteiger partial charge in [0, 0.05) is 38.9 Å². The Morgan fingerprint density at radius 1 is 1.58 bits per heavy atom. The molecule has 0 saturated carbocycles. The molecule has 1 atom stereocenters. The molecule has 0 aliphatic carbocycles. The highest BCUT2D eigenvalue weighted by atomic mass is 16.5. The molecule has 1 aliphatic heterocycles. The van der Waals surface area contributed by atoms with Crippen molar-refractivity contribution in [1.82, 2.24) is 9.78 Å². The minimum atomic E-state index is -0.953. The Morgan fingerprint density at radius 2 is 2.32 bits per heavy atom. The van der Waals surface area contributed by atoms with Gasteiger partial charge in [-0.2, -0.15) is 5.10 Å². The van der Waals surface area contributed by atoms with E-state index in [9.17, 15) is 4.79 Å². The Labute approximate surface area is 112 Å². The second kappa shape index (κ2) is 5.44. The van der Waals surface area contributed by atoms with Gasteiger partial charge in [-0.25, -0.2) is 4.79 Å². The van der Waals surface area contributed by atoms with Gasteiger partial charge in [-0.15, -0.1) is 0 Å². The van der Waals surface area contributed by atoms with E-state index in [1.807, 2.05) is 14.0 Å². The van der Waals surface area contributed by atoms with Crippen molar-refractivity contribution in [1.29, 1.82) is 0 Å². The summed E-state index contributed by atoms with van der Waals surface area (Å²) in [5.41, 5.74) is 1.69. The van der Waals surface area contributed by atoms with Gasteiger partial charge < -0.3 is 14.7 Å². The molecule has 0 aromatic carbocycles. The summed E-state index contributed by atoms with van der Waals surface area (Å²) < 4.78 is 7.16. The van der Waals surface area contributed by atoms with E-state index >= 15 is 0 Å². The van der Waals surface area contributed by atoms with Gasteiger partial charge in [-0.3, -0.25) is 4.68 Å². The third-order valence-electron chi connectivity index (χ3n) is 3.41. The lowest BCUT2D eigenvalue weighted by Gasteiger charge is -2.19. The van der Waals surface area contributed by atoms with E-state index in [-0.39, 0.29) is 6.10 Å². The number of aromatic nitrogens is 2. The number of ether oxygens (including phenoxy) is 1. The summed E-state index contributed by atoms with van der Waals surface area (Å²) in [5.74, 6) is -0.0000527. The fraction of sp³-hybridized carbons (Fsp3) is 0.538. The number of carboxylic acids is 1. The Balaban J connectivity index is 2.32. The van der Waals surface area contributed by atoms with Gasteiger partial charge in [0.1, 0.15) is 5.82 Å². The number of carboxylic acid groups (broad SMARTS) is 1. The van der Waals surface area contributed by atoms with Crippen LogP contribution in [0.1, 0.15) is 17.7 Å². The van der Waals surface area contributed by atoms with E-state index in [0.717, 1.165) is 42.7 Å². The van der Waals surface area contributed by atoms with Gasteiger partial charge in [-0.05, 0) is 19.4 Å². The van der Waals surface area contributed by atoms with Gasteiger partial charge in [0.2, 0.25) is 0 Å². The predicted molar refractivity (Wildman–Crippen MR) is 72.2 cm³/mol. The summed E-state index contributed by atoms with van der Waals surface area (Å²) in [7, 11) is 3.59. The zero-order chi connectivity index (χ0) is 14.0. The molecule has 1 saturated heterocycles. The topological polar surface area (TPSA) is 67.6 Å². The zero-order valence-electron chi connectivity index (χ0n) is 11.5. The molecule has 0 bridgehead atoms. The third-order valence-corrected chi connectivity index (χ3v) is 3.41. The van der Waals surface area contributed by atoms with Crippen LogP contribution in [0.5, 0.6) is 0 Å². The number of nitrogens with zero attached hydrogens (tertiary/aromatic N) is 3.